The lowest BCUT2D eigenvalue weighted by atomic mass is 10.2. The fourth-order valence-electron chi connectivity index (χ4n) is 0.827. The van der Waals surface area contributed by atoms with Crippen molar-refractivity contribution in [2.45, 2.75) is 26.2 Å². The molecule has 0 aliphatic carbocycles. The number of unbranched alkanes of at least 4 members (excludes halogenated alkanes) is 1. The molecule has 0 N–H and O–H groups in total. The predicted octanol–water partition coefficient (Wildman–Crippen LogP) is -1.57. The van der Waals surface area contributed by atoms with Crippen LogP contribution in [-0.2, 0) is 9.53 Å². The van der Waals surface area contributed by atoms with Gasteiger partial charge in [-0.25, -0.2) is 0 Å². The van der Waals surface area contributed by atoms with Crippen LogP contribution in [0.1, 0.15) is 26.2 Å². The molecule has 0 spiro atoms. The van der Waals surface area contributed by atoms with Gasteiger partial charge in [-0.2, -0.15) is 0 Å². The maximum atomic E-state index is 11.1. The van der Waals surface area contributed by atoms with Crippen LogP contribution in [0.2, 0.25) is 0 Å². The van der Waals surface area contributed by atoms with Crippen LogP contribution in [0.15, 0.2) is 0 Å². The lowest BCUT2D eigenvalue weighted by Gasteiger charge is -2.23. The van der Waals surface area contributed by atoms with E-state index in [9.17, 15) is 4.79 Å². The van der Waals surface area contributed by atoms with Gasteiger partial charge in [-0.05, 0) is 6.42 Å². The summed E-state index contributed by atoms with van der Waals surface area (Å²) < 4.78 is 5.90. The second-order valence-electron chi connectivity index (χ2n) is 4.34. The molecule has 86 valence electrons. The summed E-state index contributed by atoms with van der Waals surface area (Å²) >= 11 is 0. The van der Waals surface area contributed by atoms with E-state index in [1.54, 1.807) is 0 Å². The Labute approximate surface area is 104 Å². The summed E-state index contributed by atoms with van der Waals surface area (Å²) in [5, 5.41) is 0. The lowest BCUT2D eigenvalue weighted by Crippen LogP contribution is -3.00. The standard InChI is InChI=1S/C10H22NO2.HI/c1-5-6-7-10(12)13-9-8-11(2,3)4;/h5-9H2,1-4H3;1H/q+1;/p-1. The number of rotatable bonds is 6. The average molecular weight is 315 g/mol. The van der Waals surface area contributed by atoms with Gasteiger partial charge in [0.1, 0.15) is 13.2 Å². The van der Waals surface area contributed by atoms with E-state index >= 15 is 0 Å². The minimum absolute atomic E-state index is 0. The second-order valence-corrected chi connectivity index (χ2v) is 4.34. The predicted molar refractivity (Wildman–Crippen MR) is 53.4 cm³/mol. The molecule has 0 aromatic rings. The molecule has 0 heterocycles. The largest absolute Gasteiger partial charge is 1.00 e. The van der Waals surface area contributed by atoms with E-state index in [1.165, 1.54) is 0 Å². The van der Waals surface area contributed by atoms with Crippen LogP contribution in [0.4, 0.5) is 0 Å². The van der Waals surface area contributed by atoms with Gasteiger partial charge < -0.3 is 33.2 Å². The molecular formula is C10H22INO2. The first kappa shape index (κ1) is 16.6. The smallest absolute Gasteiger partial charge is 0.305 e. The zero-order valence-electron chi connectivity index (χ0n) is 9.68. The van der Waals surface area contributed by atoms with Crippen molar-refractivity contribution in [3.05, 3.63) is 0 Å². The van der Waals surface area contributed by atoms with Crippen LogP contribution >= 0.6 is 0 Å². The molecule has 0 bridgehead atoms. The number of likely N-dealkylation sites (N-methyl/N-ethyl adjacent to an activating group) is 1. The number of halogens is 1. The first-order chi connectivity index (χ1) is 5.95. The van der Waals surface area contributed by atoms with Gasteiger partial charge >= 0.3 is 5.97 Å². The summed E-state index contributed by atoms with van der Waals surface area (Å²) in [4.78, 5) is 11.1. The minimum atomic E-state index is -0.0599. The molecule has 0 saturated carbocycles. The number of hydrogen-bond donors (Lipinski definition) is 0. The molecule has 0 radical (unpaired) electrons. The first-order valence-corrected chi connectivity index (χ1v) is 4.92. The van der Waals surface area contributed by atoms with Gasteiger partial charge in [0, 0.05) is 6.42 Å². The van der Waals surface area contributed by atoms with E-state index < -0.39 is 0 Å². The highest BCUT2D eigenvalue weighted by Crippen LogP contribution is 1.97. The fraction of sp³-hybridized carbons (Fsp3) is 0.900. The van der Waals surface area contributed by atoms with Crippen molar-refractivity contribution >= 4 is 5.97 Å². The summed E-state index contributed by atoms with van der Waals surface area (Å²) in [6.45, 7) is 3.48. The number of nitrogens with zero attached hydrogens (tertiary/aromatic N) is 1. The van der Waals surface area contributed by atoms with Crippen molar-refractivity contribution in [3.8, 4) is 0 Å². The van der Waals surface area contributed by atoms with E-state index in [0.717, 1.165) is 23.9 Å². The van der Waals surface area contributed by atoms with Crippen LogP contribution in [0.25, 0.3) is 0 Å². The van der Waals surface area contributed by atoms with Crippen LogP contribution in [-0.4, -0.2) is 44.7 Å². The van der Waals surface area contributed by atoms with Crippen molar-refractivity contribution in [2.24, 2.45) is 0 Å². The molecule has 14 heavy (non-hydrogen) atoms. The Morgan fingerprint density at radius 1 is 1.29 bits per heavy atom. The van der Waals surface area contributed by atoms with Gasteiger partial charge in [0.25, 0.3) is 0 Å². The lowest BCUT2D eigenvalue weighted by molar-refractivity contribution is -0.870. The number of carbonyl (C=O) groups excluding carboxylic acids is 1. The molecular weight excluding hydrogens is 293 g/mol. The molecule has 0 aliphatic heterocycles. The zero-order valence-corrected chi connectivity index (χ0v) is 11.8. The van der Waals surface area contributed by atoms with Crippen molar-refractivity contribution in [1.82, 2.24) is 0 Å². The Kier molecular flexibility index (Phi) is 10.0. The van der Waals surface area contributed by atoms with Crippen molar-refractivity contribution in [3.63, 3.8) is 0 Å². The Hall–Kier alpha value is 0.160. The molecule has 0 rings (SSSR count). The summed E-state index contributed by atoms with van der Waals surface area (Å²) in [5.74, 6) is -0.0599. The number of esters is 1. The van der Waals surface area contributed by atoms with E-state index in [-0.39, 0.29) is 29.9 Å². The van der Waals surface area contributed by atoms with E-state index in [2.05, 4.69) is 28.1 Å². The highest BCUT2D eigenvalue weighted by Gasteiger charge is 2.08. The van der Waals surface area contributed by atoms with Crippen molar-refractivity contribution < 1.29 is 38.0 Å². The highest BCUT2D eigenvalue weighted by atomic mass is 127. The molecule has 0 aromatic heterocycles. The Balaban J connectivity index is 0. The number of carbonyl (C=O) groups is 1. The number of quaternary nitrogens is 1. The van der Waals surface area contributed by atoms with E-state index in [0.29, 0.717) is 13.0 Å². The molecule has 0 fully saturated rings. The van der Waals surface area contributed by atoms with Crippen LogP contribution in [0, 0.1) is 0 Å². The molecule has 0 aromatic carbocycles. The second kappa shape index (κ2) is 8.47. The van der Waals surface area contributed by atoms with Crippen molar-refractivity contribution in [2.75, 3.05) is 34.3 Å². The fourth-order valence-corrected chi connectivity index (χ4v) is 0.827. The number of ether oxygens (including phenoxy) is 1. The first-order valence-electron chi connectivity index (χ1n) is 4.92. The Morgan fingerprint density at radius 2 is 1.86 bits per heavy atom. The van der Waals surface area contributed by atoms with Gasteiger partial charge in [0.15, 0.2) is 0 Å². The van der Waals surface area contributed by atoms with Gasteiger partial charge in [0.2, 0.25) is 0 Å². The molecule has 4 heteroatoms. The summed E-state index contributed by atoms with van der Waals surface area (Å²) in [6, 6.07) is 0. The molecule has 0 aliphatic rings. The van der Waals surface area contributed by atoms with Gasteiger partial charge in [-0.1, -0.05) is 13.3 Å². The summed E-state index contributed by atoms with van der Waals surface area (Å²) in [6.07, 6.45) is 2.54. The minimum Gasteiger partial charge on any atom is -1.00 e. The molecule has 0 amide bonds. The van der Waals surface area contributed by atoms with Crippen molar-refractivity contribution in [1.29, 1.82) is 0 Å². The Morgan fingerprint density at radius 3 is 2.29 bits per heavy atom. The Bertz CT molecular complexity index is 155. The topological polar surface area (TPSA) is 26.3 Å². The maximum Gasteiger partial charge on any atom is 0.305 e. The van der Waals surface area contributed by atoms with E-state index in [4.69, 9.17) is 4.74 Å². The van der Waals surface area contributed by atoms with Gasteiger partial charge in [-0.3, -0.25) is 4.79 Å². The van der Waals surface area contributed by atoms with Gasteiger partial charge in [0.05, 0.1) is 21.1 Å². The summed E-state index contributed by atoms with van der Waals surface area (Å²) in [7, 11) is 6.25. The van der Waals surface area contributed by atoms with Crippen LogP contribution in [0.5, 0.6) is 0 Å². The average Bonchev–Trinajstić information content (AvgIpc) is 1.98. The normalized spacial score (nSPS) is 10.6. The number of hydrogen-bond acceptors (Lipinski definition) is 2. The monoisotopic (exact) mass is 315 g/mol. The third-order valence-electron chi connectivity index (χ3n) is 1.76. The molecule has 0 atom stereocenters. The third kappa shape index (κ3) is 12.2. The van der Waals surface area contributed by atoms with Crippen LogP contribution < -0.4 is 24.0 Å². The quantitative estimate of drug-likeness (QED) is 0.336. The maximum absolute atomic E-state index is 11.1. The molecule has 0 unspecified atom stereocenters. The SMILES string of the molecule is CCCCC(=O)OCC[N+](C)(C)C.[I-]. The molecule has 3 nitrogen and oxygen atoms in total. The van der Waals surface area contributed by atoms with Crippen LogP contribution in [0.3, 0.4) is 0 Å². The van der Waals surface area contributed by atoms with E-state index in [1.807, 2.05) is 0 Å². The van der Waals surface area contributed by atoms with Gasteiger partial charge in [-0.15, -0.1) is 0 Å². The molecule has 0 saturated heterocycles. The summed E-state index contributed by atoms with van der Waals surface area (Å²) in [5.41, 5.74) is 0. The third-order valence-corrected chi connectivity index (χ3v) is 1.76. The zero-order chi connectivity index (χ0) is 10.3. The highest BCUT2D eigenvalue weighted by molar-refractivity contribution is 5.69.